The second-order valence-corrected chi connectivity index (χ2v) is 5.56. The number of nitrogens with zero attached hydrogens (tertiary/aromatic N) is 2. The van der Waals surface area contributed by atoms with Crippen molar-refractivity contribution in [1.82, 2.24) is 9.97 Å². The average Bonchev–Trinajstić information content (AvgIpc) is 2.66. The number of hydrogen-bond donors (Lipinski definition) is 1. The molecule has 0 unspecified atom stereocenters. The van der Waals surface area contributed by atoms with Gasteiger partial charge in [-0.3, -0.25) is 4.79 Å². The maximum atomic E-state index is 12.3. The first kappa shape index (κ1) is 15.1. The van der Waals surface area contributed by atoms with Crippen molar-refractivity contribution in [3.05, 3.63) is 73.1 Å². The van der Waals surface area contributed by atoms with Crippen LogP contribution in [-0.4, -0.2) is 22.5 Å². The van der Waals surface area contributed by atoms with Gasteiger partial charge in [0.1, 0.15) is 6.33 Å². The summed E-state index contributed by atoms with van der Waals surface area (Å²) >= 11 is 0. The summed E-state index contributed by atoms with van der Waals surface area (Å²) < 4.78 is 5.60. The topological polar surface area (TPSA) is 64.1 Å². The Morgan fingerprint density at radius 1 is 0.880 bits per heavy atom. The summed E-state index contributed by atoms with van der Waals surface area (Å²) in [5, 5.41) is 5.74. The molecule has 0 saturated heterocycles. The Kier molecular flexibility index (Phi) is 3.96. The highest BCUT2D eigenvalue weighted by Crippen LogP contribution is 2.23. The monoisotopic (exact) mass is 329 g/mol. The number of anilines is 1. The third-order valence-electron chi connectivity index (χ3n) is 3.91. The fraction of sp³-hybridized carbons (Fsp3) is 0.0500. The molecule has 122 valence electrons. The van der Waals surface area contributed by atoms with E-state index >= 15 is 0 Å². The van der Waals surface area contributed by atoms with E-state index in [2.05, 4.69) is 15.3 Å². The zero-order valence-corrected chi connectivity index (χ0v) is 13.3. The molecule has 5 nitrogen and oxygen atoms in total. The lowest BCUT2D eigenvalue weighted by molar-refractivity contribution is -0.118. The van der Waals surface area contributed by atoms with Gasteiger partial charge in [0, 0.05) is 11.1 Å². The number of benzene rings is 3. The molecule has 0 bridgehead atoms. The van der Waals surface area contributed by atoms with E-state index in [-0.39, 0.29) is 12.5 Å². The maximum Gasteiger partial charge on any atom is 0.262 e. The van der Waals surface area contributed by atoms with Crippen molar-refractivity contribution in [3.8, 4) is 5.88 Å². The number of carbonyl (C=O) groups is 1. The lowest BCUT2D eigenvalue weighted by atomic mass is 10.1. The van der Waals surface area contributed by atoms with Crippen LogP contribution >= 0.6 is 0 Å². The van der Waals surface area contributed by atoms with Crippen molar-refractivity contribution in [2.24, 2.45) is 0 Å². The number of amides is 1. The normalized spacial score (nSPS) is 10.7. The minimum Gasteiger partial charge on any atom is -0.467 e. The van der Waals surface area contributed by atoms with Crippen molar-refractivity contribution in [2.45, 2.75) is 0 Å². The lowest BCUT2D eigenvalue weighted by Crippen LogP contribution is -2.20. The van der Waals surface area contributed by atoms with Crippen molar-refractivity contribution in [3.63, 3.8) is 0 Å². The highest BCUT2D eigenvalue weighted by Gasteiger charge is 2.09. The van der Waals surface area contributed by atoms with E-state index in [9.17, 15) is 4.79 Å². The Labute approximate surface area is 144 Å². The van der Waals surface area contributed by atoms with Crippen LogP contribution in [0.25, 0.3) is 21.7 Å². The number of ether oxygens (including phenoxy) is 1. The van der Waals surface area contributed by atoms with Crippen LogP contribution in [-0.2, 0) is 4.79 Å². The molecule has 0 atom stereocenters. The number of para-hydroxylation sites is 1. The van der Waals surface area contributed by atoms with Gasteiger partial charge in [-0.25, -0.2) is 9.97 Å². The molecule has 1 aromatic heterocycles. The van der Waals surface area contributed by atoms with Gasteiger partial charge in [0.15, 0.2) is 6.61 Å². The molecule has 0 aliphatic heterocycles. The van der Waals surface area contributed by atoms with E-state index in [1.165, 1.54) is 6.33 Å². The van der Waals surface area contributed by atoms with Crippen LogP contribution in [0.15, 0.2) is 73.1 Å². The molecular formula is C20H15N3O2. The number of hydrogen-bond acceptors (Lipinski definition) is 4. The standard InChI is InChI=1S/C20H15N3O2/c24-19(23-18-11-5-7-14-6-1-2-8-15(14)18)12-25-20-16-9-3-4-10-17(16)21-13-22-20/h1-11,13H,12H2,(H,23,24). The number of fused-ring (bicyclic) bond motifs is 2. The molecule has 0 fully saturated rings. The zero-order chi connectivity index (χ0) is 17.1. The van der Waals surface area contributed by atoms with E-state index < -0.39 is 0 Å². The molecule has 4 aromatic rings. The Balaban J connectivity index is 1.50. The van der Waals surface area contributed by atoms with Gasteiger partial charge in [-0.15, -0.1) is 0 Å². The number of nitrogens with one attached hydrogen (secondary N) is 1. The second kappa shape index (κ2) is 6.57. The van der Waals surface area contributed by atoms with Gasteiger partial charge in [0.2, 0.25) is 5.88 Å². The zero-order valence-electron chi connectivity index (χ0n) is 13.3. The summed E-state index contributed by atoms with van der Waals surface area (Å²) in [6.07, 6.45) is 1.43. The fourth-order valence-corrected chi connectivity index (χ4v) is 2.75. The second-order valence-electron chi connectivity index (χ2n) is 5.56. The van der Waals surface area contributed by atoms with Crippen LogP contribution in [0, 0.1) is 0 Å². The molecule has 0 radical (unpaired) electrons. The summed E-state index contributed by atoms with van der Waals surface area (Å²) in [5.74, 6) is 0.165. The molecule has 0 saturated carbocycles. The van der Waals surface area contributed by atoms with E-state index in [1.54, 1.807) is 0 Å². The smallest absolute Gasteiger partial charge is 0.262 e. The Bertz CT molecular complexity index is 1050. The van der Waals surface area contributed by atoms with Crippen molar-refractivity contribution < 1.29 is 9.53 Å². The summed E-state index contributed by atoms with van der Waals surface area (Å²) in [5.41, 5.74) is 1.54. The first-order valence-electron chi connectivity index (χ1n) is 7.91. The van der Waals surface area contributed by atoms with Crippen LogP contribution in [0.5, 0.6) is 5.88 Å². The van der Waals surface area contributed by atoms with E-state index in [0.29, 0.717) is 5.88 Å². The van der Waals surface area contributed by atoms with Crippen LogP contribution < -0.4 is 10.1 Å². The van der Waals surface area contributed by atoms with Crippen molar-refractivity contribution in [1.29, 1.82) is 0 Å². The van der Waals surface area contributed by atoms with E-state index in [4.69, 9.17) is 4.74 Å². The quantitative estimate of drug-likeness (QED) is 0.618. The first-order valence-corrected chi connectivity index (χ1v) is 7.91. The van der Waals surface area contributed by atoms with Crippen LogP contribution in [0.2, 0.25) is 0 Å². The SMILES string of the molecule is O=C(COc1ncnc2ccccc12)Nc1cccc2ccccc12. The molecule has 0 spiro atoms. The van der Waals surface area contributed by atoms with Crippen molar-refractivity contribution >= 4 is 33.3 Å². The van der Waals surface area contributed by atoms with Crippen LogP contribution in [0.4, 0.5) is 5.69 Å². The predicted octanol–water partition coefficient (Wildman–Crippen LogP) is 3.80. The van der Waals surface area contributed by atoms with Gasteiger partial charge in [0.25, 0.3) is 5.91 Å². The number of rotatable bonds is 4. The Hall–Kier alpha value is -3.47. The molecular weight excluding hydrogens is 314 g/mol. The molecule has 4 rings (SSSR count). The molecule has 1 N–H and O–H groups in total. The third kappa shape index (κ3) is 3.12. The summed E-state index contributed by atoms with van der Waals surface area (Å²) in [6, 6.07) is 21.2. The summed E-state index contributed by atoms with van der Waals surface area (Å²) in [7, 11) is 0. The van der Waals surface area contributed by atoms with Gasteiger partial charge >= 0.3 is 0 Å². The highest BCUT2D eigenvalue weighted by molar-refractivity contribution is 6.02. The van der Waals surface area contributed by atoms with Gasteiger partial charge < -0.3 is 10.1 Å². The first-order chi connectivity index (χ1) is 12.3. The molecule has 3 aromatic carbocycles. The molecule has 1 amide bonds. The molecule has 5 heteroatoms. The van der Waals surface area contributed by atoms with Gasteiger partial charge in [-0.05, 0) is 23.6 Å². The highest BCUT2D eigenvalue weighted by atomic mass is 16.5. The molecule has 25 heavy (non-hydrogen) atoms. The van der Waals surface area contributed by atoms with E-state index in [1.807, 2.05) is 66.7 Å². The number of carbonyl (C=O) groups excluding carboxylic acids is 1. The lowest BCUT2D eigenvalue weighted by Gasteiger charge is -2.10. The van der Waals surface area contributed by atoms with Gasteiger partial charge in [0.05, 0.1) is 10.9 Å². The number of aromatic nitrogens is 2. The van der Waals surface area contributed by atoms with E-state index in [0.717, 1.165) is 27.4 Å². The Morgan fingerprint density at radius 2 is 1.64 bits per heavy atom. The largest absolute Gasteiger partial charge is 0.467 e. The fourth-order valence-electron chi connectivity index (χ4n) is 2.75. The third-order valence-corrected chi connectivity index (χ3v) is 3.91. The van der Waals surface area contributed by atoms with Gasteiger partial charge in [-0.2, -0.15) is 0 Å². The van der Waals surface area contributed by atoms with Crippen LogP contribution in [0.1, 0.15) is 0 Å². The predicted molar refractivity (Wildman–Crippen MR) is 97.6 cm³/mol. The molecule has 1 heterocycles. The maximum absolute atomic E-state index is 12.3. The van der Waals surface area contributed by atoms with Gasteiger partial charge in [-0.1, -0.05) is 48.5 Å². The molecule has 0 aliphatic rings. The molecule has 0 aliphatic carbocycles. The summed E-state index contributed by atoms with van der Waals surface area (Å²) in [4.78, 5) is 20.6. The van der Waals surface area contributed by atoms with Crippen LogP contribution in [0.3, 0.4) is 0 Å². The average molecular weight is 329 g/mol. The Morgan fingerprint density at radius 3 is 2.56 bits per heavy atom. The summed E-state index contributed by atoms with van der Waals surface area (Å²) in [6.45, 7) is -0.121. The minimum atomic E-state index is -0.237. The van der Waals surface area contributed by atoms with Crippen molar-refractivity contribution in [2.75, 3.05) is 11.9 Å². The minimum absolute atomic E-state index is 0.121.